The van der Waals surface area contributed by atoms with Crippen molar-refractivity contribution in [3.05, 3.63) is 35.4 Å². The van der Waals surface area contributed by atoms with Crippen molar-refractivity contribution >= 4 is 47.8 Å². The summed E-state index contributed by atoms with van der Waals surface area (Å²) in [4.78, 5) is 0. The predicted octanol–water partition coefficient (Wildman–Crippen LogP) is 4.41. The molecular formula is C9H9Br3. The first-order valence-electron chi connectivity index (χ1n) is 3.67. The molecule has 0 fully saturated rings. The van der Waals surface area contributed by atoms with Gasteiger partial charge in [-0.15, -0.1) is 0 Å². The van der Waals surface area contributed by atoms with E-state index in [1.807, 2.05) is 0 Å². The second-order valence-corrected chi connectivity index (χ2v) is 6.34. The Labute approximate surface area is 98.1 Å². The van der Waals surface area contributed by atoms with E-state index in [0.717, 1.165) is 11.8 Å². The zero-order valence-electron chi connectivity index (χ0n) is 6.43. The maximum atomic E-state index is 3.47. The molecule has 0 spiro atoms. The van der Waals surface area contributed by atoms with E-state index < -0.39 is 0 Å². The van der Waals surface area contributed by atoms with Gasteiger partial charge in [0.1, 0.15) is 0 Å². The molecule has 0 aromatic heterocycles. The van der Waals surface area contributed by atoms with Gasteiger partial charge in [-0.3, -0.25) is 0 Å². The van der Waals surface area contributed by atoms with Crippen molar-refractivity contribution in [1.29, 1.82) is 0 Å². The Morgan fingerprint density at radius 2 is 2.00 bits per heavy atom. The van der Waals surface area contributed by atoms with Gasteiger partial charge in [0.25, 0.3) is 0 Å². The van der Waals surface area contributed by atoms with E-state index in [1.54, 1.807) is 0 Å². The molecule has 0 aliphatic heterocycles. The highest BCUT2D eigenvalue weighted by molar-refractivity contribution is 9.24. The Hall–Kier alpha value is 0.660. The van der Waals surface area contributed by atoms with Crippen LogP contribution in [0.1, 0.15) is 14.9 Å². The van der Waals surface area contributed by atoms with Crippen LogP contribution in [0.3, 0.4) is 0 Å². The van der Waals surface area contributed by atoms with Crippen molar-refractivity contribution in [3.8, 4) is 0 Å². The van der Waals surface area contributed by atoms with Gasteiger partial charge in [-0.25, -0.2) is 0 Å². The summed E-state index contributed by atoms with van der Waals surface area (Å²) in [7, 11) is 0. The van der Waals surface area contributed by atoms with Crippen molar-refractivity contribution < 1.29 is 0 Å². The molecule has 3 heteroatoms. The number of aryl methyl sites for hydroxylation is 1. The third-order valence-corrected chi connectivity index (χ3v) is 3.04. The van der Waals surface area contributed by atoms with E-state index >= 15 is 0 Å². The van der Waals surface area contributed by atoms with Crippen molar-refractivity contribution in [2.45, 2.75) is 10.2 Å². The van der Waals surface area contributed by atoms with Gasteiger partial charge in [-0.05, 0) is 17.5 Å². The minimum atomic E-state index is 0.264. The zero-order chi connectivity index (χ0) is 8.97. The number of alkyl halides is 3. The fourth-order valence-corrected chi connectivity index (χ4v) is 2.02. The number of halogens is 3. The molecule has 0 aliphatic carbocycles. The van der Waals surface area contributed by atoms with Crippen molar-refractivity contribution in [2.24, 2.45) is 0 Å². The average molecular weight is 357 g/mol. The topological polar surface area (TPSA) is 0 Å². The van der Waals surface area contributed by atoms with E-state index in [1.165, 1.54) is 11.1 Å². The molecule has 1 aromatic rings. The molecule has 0 nitrogen and oxygen atoms in total. The lowest BCUT2D eigenvalue weighted by molar-refractivity contribution is 1.16. The second-order valence-electron chi connectivity index (χ2n) is 2.48. The predicted molar refractivity (Wildman–Crippen MR) is 64.5 cm³/mol. The quantitative estimate of drug-likeness (QED) is 0.704. The molecule has 66 valence electrons. The van der Waals surface area contributed by atoms with Crippen LogP contribution >= 0.6 is 47.8 Å². The minimum Gasteiger partial charge on any atom is -0.0924 e. The third kappa shape index (κ3) is 3.19. The van der Waals surface area contributed by atoms with Crippen LogP contribution < -0.4 is 0 Å². The lowest BCUT2D eigenvalue weighted by Crippen LogP contribution is -1.88. The van der Waals surface area contributed by atoms with Crippen LogP contribution in [-0.2, 0) is 6.42 Å². The average Bonchev–Trinajstić information content (AvgIpc) is 2.05. The molecule has 0 saturated carbocycles. The first-order chi connectivity index (χ1) is 5.74. The lowest BCUT2D eigenvalue weighted by atomic mass is 10.1. The smallest absolute Gasteiger partial charge is 0.0924 e. The highest BCUT2D eigenvalue weighted by Crippen LogP contribution is 2.29. The van der Waals surface area contributed by atoms with Gasteiger partial charge in [0, 0.05) is 5.33 Å². The summed E-state index contributed by atoms with van der Waals surface area (Å²) in [6, 6.07) is 8.54. The highest BCUT2D eigenvalue weighted by Gasteiger charge is 2.01. The Morgan fingerprint density at radius 1 is 1.25 bits per heavy atom. The third-order valence-electron chi connectivity index (χ3n) is 1.59. The fraction of sp³-hybridized carbons (Fsp3) is 0.333. The standard InChI is InChI=1S/C9H9Br3/c10-5-4-7-2-1-3-8(6-7)9(11)12/h1-3,6,9H,4-5H2. The van der Waals surface area contributed by atoms with Gasteiger partial charge in [0.15, 0.2) is 0 Å². The largest absolute Gasteiger partial charge is 0.0946 e. The number of benzene rings is 1. The summed E-state index contributed by atoms with van der Waals surface area (Å²) in [5.41, 5.74) is 2.64. The molecule has 0 amide bonds. The summed E-state index contributed by atoms with van der Waals surface area (Å²) >= 11 is 10.4. The van der Waals surface area contributed by atoms with Crippen LogP contribution in [-0.4, -0.2) is 5.33 Å². The highest BCUT2D eigenvalue weighted by atomic mass is 79.9. The van der Waals surface area contributed by atoms with Crippen LogP contribution in [0.2, 0.25) is 0 Å². The van der Waals surface area contributed by atoms with Crippen molar-refractivity contribution in [1.82, 2.24) is 0 Å². The molecule has 1 aromatic carbocycles. The minimum absolute atomic E-state index is 0.264. The molecule has 0 radical (unpaired) electrons. The second kappa shape index (κ2) is 5.40. The molecule has 0 aliphatic rings. The van der Waals surface area contributed by atoms with Gasteiger partial charge >= 0.3 is 0 Å². The Bertz CT molecular complexity index is 245. The molecular weight excluding hydrogens is 348 g/mol. The lowest BCUT2D eigenvalue weighted by Gasteiger charge is -2.04. The summed E-state index contributed by atoms with van der Waals surface area (Å²) < 4.78 is 0.264. The molecule has 0 unspecified atom stereocenters. The summed E-state index contributed by atoms with van der Waals surface area (Å²) in [5.74, 6) is 0. The Morgan fingerprint density at radius 3 is 2.58 bits per heavy atom. The summed E-state index contributed by atoms with van der Waals surface area (Å²) in [5, 5.41) is 1.02. The fourth-order valence-electron chi connectivity index (χ4n) is 0.993. The molecule has 0 atom stereocenters. The maximum absolute atomic E-state index is 3.47. The maximum Gasteiger partial charge on any atom is 0.0946 e. The van der Waals surface area contributed by atoms with Crippen LogP contribution in [0.4, 0.5) is 0 Å². The van der Waals surface area contributed by atoms with Crippen LogP contribution in [0, 0.1) is 0 Å². The number of hydrogen-bond acceptors (Lipinski definition) is 0. The number of rotatable bonds is 3. The van der Waals surface area contributed by atoms with E-state index in [-0.39, 0.29) is 3.74 Å². The Kier molecular flexibility index (Phi) is 4.84. The summed E-state index contributed by atoms with van der Waals surface area (Å²) in [6.07, 6.45) is 1.08. The van der Waals surface area contributed by atoms with E-state index in [2.05, 4.69) is 72.1 Å². The summed E-state index contributed by atoms with van der Waals surface area (Å²) in [6.45, 7) is 0. The first-order valence-corrected chi connectivity index (χ1v) is 6.62. The molecule has 12 heavy (non-hydrogen) atoms. The van der Waals surface area contributed by atoms with Gasteiger partial charge in [-0.2, -0.15) is 0 Å². The first kappa shape index (κ1) is 10.7. The van der Waals surface area contributed by atoms with Crippen molar-refractivity contribution in [3.63, 3.8) is 0 Å². The Balaban J connectivity index is 2.81. The SMILES string of the molecule is BrCCc1cccc(C(Br)Br)c1. The zero-order valence-corrected chi connectivity index (χ0v) is 11.2. The van der Waals surface area contributed by atoms with E-state index in [0.29, 0.717) is 0 Å². The molecule has 0 N–H and O–H groups in total. The molecule has 1 rings (SSSR count). The molecule has 0 saturated heterocycles. The van der Waals surface area contributed by atoms with Gasteiger partial charge < -0.3 is 0 Å². The van der Waals surface area contributed by atoms with Gasteiger partial charge in [0.05, 0.1) is 3.74 Å². The van der Waals surface area contributed by atoms with Gasteiger partial charge in [0.2, 0.25) is 0 Å². The normalized spacial score (nSPS) is 10.7. The number of hydrogen-bond donors (Lipinski definition) is 0. The monoisotopic (exact) mass is 354 g/mol. The van der Waals surface area contributed by atoms with Crippen LogP contribution in [0.25, 0.3) is 0 Å². The molecule has 0 heterocycles. The van der Waals surface area contributed by atoms with E-state index in [4.69, 9.17) is 0 Å². The van der Waals surface area contributed by atoms with Gasteiger partial charge in [-0.1, -0.05) is 72.1 Å². The van der Waals surface area contributed by atoms with Crippen LogP contribution in [0.5, 0.6) is 0 Å². The van der Waals surface area contributed by atoms with Crippen LogP contribution in [0.15, 0.2) is 24.3 Å². The van der Waals surface area contributed by atoms with Crippen molar-refractivity contribution in [2.75, 3.05) is 5.33 Å². The molecule has 0 bridgehead atoms. The van der Waals surface area contributed by atoms with E-state index in [9.17, 15) is 0 Å².